The fourth-order valence-corrected chi connectivity index (χ4v) is 9.62. The molecule has 3 saturated heterocycles. The van der Waals surface area contributed by atoms with Crippen LogP contribution in [0.1, 0.15) is 33.2 Å². The van der Waals surface area contributed by atoms with E-state index in [4.69, 9.17) is 34.4 Å². The summed E-state index contributed by atoms with van der Waals surface area (Å²) in [6.07, 6.45) is -2.00. The Bertz CT molecular complexity index is 2050. The van der Waals surface area contributed by atoms with Crippen LogP contribution >= 0.6 is 15.5 Å². The van der Waals surface area contributed by atoms with Crippen LogP contribution < -0.4 is 21.6 Å². The maximum Gasteiger partial charge on any atom is 0.403 e. The summed E-state index contributed by atoms with van der Waals surface area (Å²) in [4.78, 5) is 47.2. The molecule has 0 aromatic carbocycles. The second kappa shape index (κ2) is 12.8. The molecule has 0 spiro atoms. The Kier molecular flexibility index (Phi) is 9.14. The summed E-state index contributed by atoms with van der Waals surface area (Å²) in [6, 6.07) is -2.48. The maximum absolute atomic E-state index is 13.8. The fraction of sp³-hybridized carbons (Fsp3) is 0.615. The van der Waals surface area contributed by atoms with Crippen LogP contribution in [-0.4, -0.2) is 112 Å². The Morgan fingerprint density at radius 3 is 1.82 bits per heavy atom. The highest BCUT2D eigenvalue weighted by Gasteiger charge is 2.55. The predicted octanol–water partition coefficient (Wildman–Crippen LogP) is 0.541. The van der Waals surface area contributed by atoms with Crippen molar-refractivity contribution in [2.24, 2.45) is 0 Å². The van der Waals surface area contributed by atoms with Gasteiger partial charge < -0.3 is 40.3 Å². The number of hydrogen-bond donors (Lipinski definition) is 7. The van der Waals surface area contributed by atoms with E-state index in [2.05, 4.69) is 40.1 Å². The lowest BCUT2D eigenvalue weighted by atomic mass is 10.1. The zero-order chi connectivity index (χ0) is 36.7. The molecule has 10 atom stereocenters. The number of ether oxygens (including phenoxy) is 2. The monoisotopic (exact) mass is 770 g/mol. The molecular formula is C26H40N12O10P2Si. The van der Waals surface area contributed by atoms with Crippen molar-refractivity contribution in [3.8, 4) is 0 Å². The second-order valence-electron chi connectivity index (χ2n) is 14.1. The molecule has 51 heavy (non-hydrogen) atoms. The van der Waals surface area contributed by atoms with Crippen molar-refractivity contribution in [2.75, 3.05) is 24.7 Å². The normalized spacial score (nSPS) is 35.4. The Morgan fingerprint density at radius 1 is 0.824 bits per heavy atom. The van der Waals surface area contributed by atoms with Crippen LogP contribution in [0.5, 0.6) is 0 Å². The number of nitrogen functional groups attached to an aromatic ring is 2. The van der Waals surface area contributed by atoms with Crippen LogP contribution in [0.15, 0.2) is 25.3 Å². The van der Waals surface area contributed by atoms with Crippen molar-refractivity contribution < 1.29 is 47.0 Å². The maximum atomic E-state index is 13.8. The van der Waals surface area contributed by atoms with E-state index in [1.54, 1.807) is 4.57 Å². The molecule has 25 heteroatoms. The van der Waals surface area contributed by atoms with Crippen molar-refractivity contribution in [3.05, 3.63) is 25.3 Å². The van der Waals surface area contributed by atoms with Gasteiger partial charge in [-0.1, -0.05) is 20.8 Å². The van der Waals surface area contributed by atoms with E-state index in [1.165, 1.54) is 29.9 Å². The lowest BCUT2D eigenvalue weighted by Crippen LogP contribution is -2.53. The number of rotatable bonds is 4. The number of aliphatic hydroxyl groups excluding tert-OH is 1. The second-order valence-corrected chi connectivity index (χ2v) is 21.9. The summed E-state index contributed by atoms with van der Waals surface area (Å²) in [6.45, 7) is 8.90. The van der Waals surface area contributed by atoms with Crippen molar-refractivity contribution in [3.63, 3.8) is 0 Å². The van der Waals surface area contributed by atoms with Gasteiger partial charge in [-0.2, -0.15) is 0 Å². The molecule has 3 aliphatic rings. The van der Waals surface area contributed by atoms with Crippen molar-refractivity contribution in [1.29, 1.82) is 0 Å². The number of imidazole rings is 2. The lowest BCUT2D eigenvalue weighted by Gasteiger charge is -2.41. The lowest BCUT2D eigenvalue weighted by molar-refractivity contribution is -0.0477. The molecule has 0 aliphatic carbocycles. The molecule has 0 bridgehead atoms. The van der Waals surface area contributed by atoms with Gasteiger partial charge in [0.2, 0.25) is 0 Å². The van der Waals surface area contributed by atoms with Gasteiger partial charge in [-0.25, -0.2) is 49.2 Å². The third kappa shape index (κ3) is 6.71. The molecule has 4 aromatic heterocycles. The number of nitrogens with two attached hydrogens (primary N) is 2. The third-order valence-electron chi connectivity index (χ3n) is 9.74. The third-order valence-corrected chi connectivity index (χ3v) is 16.5. The predicted molar refractivity (Wildman–Crippen MR) is 181 cm³/mol. The van der Waals surface area contributed by atoms with E-state index in [1.807, 2.05) is 33.9 Å². The van der Waals surface area contributed by atoms with Gasteiger partial charge in [-0.15, -0.1) is 0 Å². The zero-order valence-electron chi connectivity index (χ0n) is 28.2. The van der Waals surface area contributed by atoms with Gasteiger partial charge in [0.1, 0.15) is 48.1 Å². The first-order chi connectivity index (χ1) is 23.9. The van der Waals surface area contributed by atoms with Crippen molar-refractivity contribution in [2.45, 2.75) is 87.9 Å². The first kappa shape index (κ1) is 36.3. The molecule has 3 aliphatic heterocycles. The molecule has 0 radical (unpaired) electrons. The number of nitrogens with one attached hydrogen (secondary N) is 2. The van der Waals surface area contributed by atoms with E-state index in [9.17, 15) is 24.0 Å². The Labute approximate surface area is 291 Å². The van der Waals surface area contributed by atoms with E-state index < -0.39 is 86.0 Å². The minimum Gasteiger partial charge on any atom is -0.408 e. The quantitative estimate of drug-likeness (QED) is 0.110. The largest absolute Gasteiger partial charge is 0.408 e. The van der Waals surface area contributed by atoms with Gasteiger partial charge in [0, 0.05) is 0 Å². The first-order valence-corrected chi connectivity index (χ1v) is 22.0. The van der Waals surface area contributed by atoms with Crippen LogP contribution in [-0.2, 0) is 32.1 Å². The molecule has 9 N–H and O–H groups in total. The standard InChI is InChI=1S/C26H40N12O10P2Si/c1-26(2,3)51(4,5)48-19-15-13(47-25(19)38-11-34-17-21(28)30-9-32-23(17)38)7-45-49(40,41)35-14-12(6-44-50(42,43)36-15)46-24(18(14)39)37-10-33-16-20(27)29-8-31-22(16)37/h8-15,18-19,24-25,39H,6-7H2,1-5H3,(H2,27,29,31)(H2,28,30,32)(H2,35,40,41)(H2,36,42,43)/t12-,13-,14-,15-,18-,19-,24-,25-/m1/s1. The molecule has 3 fully saturated rings. The van der Waals surface area contributed by atoms with Gasteiger partial charge in [-0.3, -0.25) is 18.2 Å². The molecule has 278 valence electrons. The highest BCUT2D eigenvalue weighted by atomic mass is 31.2. The summed E-state index contributed by atoms with van der Waals surface area (Å²) in [7, 11) is -12.1. The number of nitrogens with zero attached hydrogens (tertiary/aromatic N) is 8. The topological polar surface area (TPSA) is 304 Å². The Hall–Kier alpha value is -3.02. The molecular weight excluding hydrogens is 730 g/mol. The van der Waals surface area contributed by atoms with E-state index in [0.717, 1.165) is 0 Å². The zero-order valence-corrected chi connectivity index (χ0v) is 31.0. The molecule has 4 aromatic rings. The number of hydrogen-bond acceptors (Lipinski definition) is 16. The van der Waals surface area contributed by atoms with Crippen LogP contribution in [0, 0.1) is 0 Å². The summed E-state index contributed by atoms with van der Waals surface area (Å²) in [5.41, 5.74) is 13.0. The molecule has 0 amide bonds. The average Bonchev–Trinajstić information content (AvgIpc) is 3.80. The van der Waals surface area contributed by atoms with Crippen molar-refractivity contribution >= 4 is 57.8 Å². The van der Waals surface area contributed by atoms with Gasteiger partial charge in [0.25, 0.3) is 0 Å². The Balaban J connectivity index is 1.23. The minimum atomic E-state index is -4.74. The fourth-order valence-electron chi connectivity index (χ4n) is 6.09. The number of fused-ring (bicyclic) bond motifs is 4. The van der Waals surface area contributed by atoms with E-state index in [0.29, 0.717) is 11.2 Å². The minimum absolute atomic E-state index is 0.0872. The van der Waals surface area contributed by atoms with Crippen molar-refractivity contribution in [1.82, 2.24) is 49.2 Å². The summed E-state index contributed by atoms with van der Waals surface area (Å²) >= 11 is 0. The highest BCUT2D eigenvalue weighted by molar-refractivity contribution is 7.50. The van der Waals surface area contributed by atoms with Crippen LogP contribution in [0.3, 0.4) is 0 Å². The number of aromatic nitrogens is 8. The highest BCUT2D eigenvalue weighted by Crippen LogP contribution is 2.49. The van der Waals surface area contributed by atoms with Gasteiger partial charge >= 0.3 is 15.5 Å². The molecule has 0 saturated carbocycles. The van der Waals surface area contributed by atoms with E-state index in [-0.39, 0.29) is 27.8 Å². The molecule has 2 unspecified atom stereocenters. The van der Waals surface area contributed by atoms with Gasteiger partial charge in [0.15, 0.2) is 43.7 Å². The van der Waals surface area contributed by atoms with Crippen LogP contribution in [0.25, 0.3) is 22.3 Å². The Morgan fingerprint density at radius 2 is 1.29 bits per heavy atom. The molecule has 7 rings (SSSR count). The summed E-state index contributed by atoms with van der Waals surface area (Å²) < 4.78 is 60.8. The number of anilines is 2. The average molecular weight is 771 g/mol. The van der Waals surface area contributed by atoms with Gasteiger partial charge in [-0.05, 0) is 18.1 Å². The SMILES string of the molecule is CC(C)(C)[Si](C)(C)O[C@@H]1[C@@H]2NP(=O)(O)OC[C@H]3O[C@@H](n4cnc5c(N)ncnc54)[C@H](O)[C@@H]3NP(=O)(O)OC[C@H]2O[C@H]1n1cnc2c(N)ncnc21. The summed E-state index contributed by atoms with van der Waals surface area (Å²) in [5.74, 6) is 0.215. The van der Waals surface area contributed by atoms with E-state index >= 15 is 0 Å². The molecule has 7 heterocycles. The van der Waals surface area contributed by atoms with Crippen LogP contribution in [0.4, 0.5) is 11.6 Å². The smallest absolute Gasteiger partial charge is 0.403 e. The first-order valence-electron chi connectivity index (χ1n) is 15.9. The molecule has 22 nitrogen and oxygen atoms in total. The van der Waals surface area contributed by atoms with Crippen LogP contribution in [0.2, 0.25) is 18.1 Å². The number of aliphatic hydroxyl groups is 1. The van der Waals surface area contributed by atoms with Gasteiger partial charge in [0.05, 0.1) is 38.0 Å². The summed E-state index contributed by atoms with van der Waals surface area (Å²) in [5, 5.41) is 16.2.